The Morgan fingerprint density at radius 2 is 1.78 bits per heavy atom. The predicted molar refractivity (Wildman–Crippen MR) is 99.3 cm³/mol. The van der Waals surface area contributed by atoms with Crippen LogP contribution in [0.4, 0.5) is 0 Å². The second-order valence-electron chi connectivity index (χ2n) is 6.00. The van der Waals surface area contributed by atoms with Gasteiger partial charge in [-0.25, -0.2) is 0 Å². The zero-order chi connectivity index (χ0) is 16.9. The molecule has 0 aliphatic carbocycles. The SMILES string of the molecule is Cc1ccccc1CCNC(=O)C(C)(C)Sc1ccc(Cl)cc1. The molecule has 0 spiro atoms. The molecule has 0 bridgehead atoms. The van der Waals surface area contributed by atoms with Crippen molar-refractivity contribution in [3.05, 3.63) is 64.7 Å². The first kappa shape index (κ1) is 17.9. The molecule has 0 aromatic heterocycles. The molecule has 2 rings (SSSR count). The average molecular weight is 348 g/mol. The first-order valence-electron chi connectivity index (χ1n) is 7.66. The molecule has 0 radical (unpaired) electrons. The summed E-state index contributed by atoms with van der Waals surface area (Å²) in [6.45, 7) is 6.62. The number of benzene rings is 2. The normalized spacial score (nSPS) is 11.3. The minimum absolute atomic E-state index is 0.0473. The smallest absolute Gasteiger partial charge is 0.236 e. The summed E-state index contributed by atoms with van der Waals surface area (Å²) < 4.78 is -0.528. The van der Waals surface area contributed by atoms with Crippen molar-refractivity contribution in [1.82, 2.24) is 5.32 Å². The van der Waals surface area contributed by atoms with Crippen LogP contribution in [-0.2, 0) is 11.2 Å². The van der Waals surface area contributed by atoms with E-state index in [1.54, 1.807) is 11.8 Å². The first-order chi connectivity index (χ1) is 10.9. The Balaban J connectivity index is 1.88. The van der Waals surface area contributed by atoms with E-state index >= 15 is 0 Å². The van der Waals surface area contributed by atoms with Gasteiger partial charge >= 0.3 is 0 Å². The fraction of sp³-hybridized carbons (Fsp3) is 0.316. The van der Waals surface area contributed by atoms with Crippen LogP contribution in [0.3, 0.4) is 0 Å². The summed E-state index contributed by atoms with van der Waals surface area (Å²) in [5.74, 6) is 0.0473. The molecule has 2 nitrogen and oxygen atoms in total. The molecule has 0 aliphatic rings. The first-order valence-corrected chi connectivity index (χ1v) is 8.85. The summed E-state index contributed by atoms with van der Waals surface area (Å²) in [6, 6.07) is 15.8. The van der Waals surface area contributed by atoms with Gasteiger partial charge in [-0.1, -0.05) is 35.9 Å². The maximum absolute atomic E-state index is 12.5. The number of carbonyl (C=O) groups is 1. The van der Waals surface area contributed by atoms with Crippen LogP contribution in [0.2, 0.25) is 5.02 Å². The van der Waals surface area contributed by atoms with Crippen molar-refractivity contribution in [2.45, 2.75) is 36.8 Å². The topological polar surface area (TPSA) is 29.1 Å². The lowest BCUT2D eigenvalue weighted by atomic mass is 10.1. The summed E-state index contributed by atoms with van der Waals surface area (Å²) in [6.07, 6.45) is 0.847. The summed E-state index contributed by atoms with van der Waals surface area (Å²) in [4.78, 5) is 13.5. The number of rotatable bonds is 6. The molecule has 0 unspecified atom stereocenters. The van der Waals surface area contributed by atoms with Crippen LogP contribution < -0.4 is 5.32 Å². The standard InChI is InChI=1S/C19H22ClNOS/c1-14-6-4-5-7-15(14)12-13-21-18(22)19(2,3)23-17-10-8-16(20)9-11-17/h4-11H,12-13H2,1-3H3,(H,21,22). The summed E-state index contributed by atoms with van der Waals surface area (Å²) >= 11 is 7.44. The van der Waals surface area contributed by atoms with Gasteiger partial charge < -0.3 is 5.32 Å². The third-order valence-corrected chi connectivity index (χ3v) is 5.13. The Hall–Kier alpha value is -1.45. The highest BCUT2D eigenvalue weighted by molar-refractivity contribution is 8.01. The van der Waals surface area contributed by atoms with Crippen molar-refractivity contribution in [2.24, 2.45) is 0 Å². The molecule has 0 fully saturated rings. The minimum atomic E-state index is -0.528. The number of amides is 1. The molecule has 2 aromatic carbocycles. The Morgan fingerprint density at radius 3 is 2.43 bits per heavy atom. The van der Waals surface area contributed by atoms with Gasteiger partial charge in [-0.3, -0.25) is 4.79 Å². The zero-order valence-electron chi connectivity index (χ0n) is 13.7. The van der Waals surface area contributed by atoms with Gasteiger partial charge in [-0.15, -0.1) is 11.8 Å². The molecular formula is C19H22ClNOS. The van der Waals surface area contributed by atoms with Crippen LogP contribution in [0.25, 0.3) is 0 Å². The number of thioether (sulfide) groups is 1. The van der Waals surface area contributed by atoms with Crippen LogP contribution in [0.5, 0.6) is 0 Å². The largest absolute Gasteiger partial charge is 0.355 e. The Morgan fingerprint density at radius 1 is 1.13 bits per heavy atom. The maximum Gasteiger partial charge on any atom is 0.236 e. The number of hydrogen-bond donors (Lipinski definition) is 1. The van der Waals surface area contributed by atoms with E-state index in [1.165, 1.54) is 11.1 Å². The molecule has 122 valence electrons. The van der Waals surface area contributed by atoms with Gasteiger partial charge in [-0.2, -0.15) is 0 Å². The van der Waals surface area contributed by atoms with Gasteiger partial charge in [0.25, 0.3) is 0 Å². The monoisotopic (exact) mass is 347 g/mol. The summed E-state index contributed by atoms with van der Waals surface area (Å²) in [5.41, 5.74) is 2.53. The van der Waals surface area contributed by atoms with Gasteiger partial charge in [0.2, 0.25) is 5.91 Å². The van der Waals surface area contributed by atoms with E-state index in [1.807, 2.05) is 50.2 Å². The van der Waals surface area contributed by atoms with Crippen LogP contribution in [0.1, 0.15) is 25.0 Å². The highest BCUT2D eigenvalue weighted by Gasteiger charge is 2.28. The van der Waals surface area contributed by atoms with Crippen LogP contribution in [0, 0.1) is 6.92 Å². The van der Waals surface area contributed by atoms with E-state index in [2.05, 4.69) is 24.4 Å². The van der Waals surface area contributed by atoms with Gasteiger partial charge in [-0.05, 0) is 62.6 Å². The van der Waals surface area contributed by atoms with Crippen molar-refractivity contribution in [1.29, 1.82) is 0 Å². The van der Waals surface area contributed by atoms with Crippen molar-refractivity contribution in [3.8, 4) is 0 Å². The molecule has 0 aliphatic heterocycles. The lowest BCUT2D eigenvalue weighted by molar-refractivity contribution is -0.122. The number of halogens is 1. The predicted octanol–water partition coefficient (Wildman–Crippen LogP) is 4.88. The maximum atomic E-state index is 12.5. The fourth-order valence-electron chi connectivity index (χ4n) is 2.26. The van der Waals surface area contributed by atoms with E-state index in [-0.39, 0.29) is 5.91 Å². The van der Waals surface area contributed by atoms with E-state index in [9.17, 15) is 4.79 Å². The van der Waals surface area contributed by atoms with Crippen LogP contribution in [0.15, 0.2) is 53.4 Å². The van der Waals surface area contributed by atoms with Gasteiger partial charge in [0, 0.05) is 16.5 Å². The van der Waals surface area contributed by atoms with E-state index < -0.39 is 4.75 Å². The van der Waals surface area contributed by atoms with Crippen molar-refractivity contribution in [2.75, 3.05) is 6.54 Å². The van der Waals surface area contributed by atoms with Crippen LogP contribution in [-0.4, -0.2) is 17.2 Å². The van der Waals surface area contributed by atoms with Crippen molar-refractivity contribution < 1.29 is 4.79 Å². The quantitative estimate of drug-likeness (QED) is 0.755. The third-order valence-electron chi connectivity index (χ3n) is 3.67. The lowest BCUT2D eigenvalue weighted by Crippen LogP contribution is -2.40. The van der Waals surface area contributed by atoms with Gasteiger partial charge in [0.05, 0.1) is 4.75 Å². The van der Waals surface area contributed by atoms with Crippen molar-refractivity contribution in [3.63, 3.8) is 0 Å². The fourth-order valence-corrected chi connectivity index (χ4v) is 3.41. The molecule has 4 heteroatoms. The summed E-state index contributed by atoms with van der Waals surface area (Å²) in [7, 11) is 0. The van der Waals surface area contributed by atoms with Crippen LogP contribution >= 0.6 is 23.4 Å². The molecule has 23 heavy (non-hydrogen) atoms. The zero-order valence-corrected chi connectivity index (χ0v) is 15.3. The van der Waals surface area contributed by atoms with E-state index in [4.69, 9.17) is 11.6 Å². The highest BCUT2D eigenvalue weighted by Crippen LogP contribution is 2.33. The van der Waals surface area contributed by atoms with Gasteiger partial charge in [0.1, 0.15) is 0 Å². The Kier molecular flexibility index (Phi) is 6.14. The van der Waals surface area contributed by atoms with E-state index in [0.717, 1.165) is 11.3 Å². The molecule has 1 N–H and O–H groups in total. The number of carbonyl (C=O) groups excluding carboxylic acids is 1. The number of nitrogens with one attached hydrogen (secondary N) is 1. The second-order valence-corrected chi connectivity index (χ2v) is 8.13. The molecule has 0 atom stereocenters. The minimum Gasteiger partial charge on any atom is -0.355 e. The third kappa shape index (κ3) is 5.29. The molecule has 1 amide bonds. The lowest BCUT2D eigenvalue weighted by Gasteiger charge is -2.23. The summed E-state index contributed by atoms with van der Waals surface area (Å²) in [5, 5.41) is 3.75. The average Bonchev–Trinajstić information content (AvgIpc) is 2.51. The molecule has 0 saturated carbocycles. The molecule has 0 saturated heterocycles. The molecule has 0 heterocycles. The second kappa shape index (κ2) is 7.89. The number of hydrogen-bond acceptors (Lipinski definition) is 2. The Labute approximate surface area is 147 Å². The molecule has 2 aromatic rings. The highest BCUT2D eigenvalue weighted by atomic mass is 35.5. The van der Waals surface area contributed by atoms with E-state index in [0.29, 0.717) is 11.6 Å². The Bertz CT molecular complexity index is 667. The number of aryl methyl sites for hydroxylation is 1. The molecular weight excluding hydrogens is 326 g/mol. The van der Waals surface area contributed by atoms with Crippen molar-refractivity contribution >= 4 is 29.3 Å². The van der Waals surface area contributed by atoms with Gasteiger partial charge in [0.15, 0.2) is 0 Å².